The fraction of sp³-hybridized carbons (Fsp3) is 0.100. The number of nitrogens with zero attached hydrogens (tertiary/aromatic N) is 2. The molecule has 1 aromatic heterocycles. The molecule has 0 unspecified atom stereocenters. The van der Waals surface area contributed by atoms with Crippen molar-refractivity contribution in [2.75, 3.05) is 0 Å². The van der Waals surface area contributed by atoms with E-state index in [1.807, 2.05) is 13.0 Å². The van der Waals surface area contributed by atoms with Crippen molar-refractivity contribution < 1.29 is 5.11 Å². The van der Waals surface area contributed by atoms with Gasteiger partial charge in [-0.15, -0.1) is 11.3 Å². The summed E-state index contributed by atoms with van der Waals surface area (Å²) in [5.74, 6) is 0. The van der Waals surface area contributed by atoms with E-state index in [1.54, 1.807) is 12.1 Å². The van der Waals surface area contributed by atoms with Gasteiger partial charge in [-0.1, -0.05) is 11.6 Å². The zero-order valence-corrected chi connectivity index (χ0v) is 8.67. The number of hydrogen-bond acceptors (Lipinski definition) is 4. The molecule has 0 aliphatic rings. The van der Waals surface area contributed by atoms with Crippen molar-refractivity contribution in [1.29, 1.82) is 5.39 Å². The highest BCUT2D eigenvalue weighted by Gasteiger charge is 2.16. The zero-order chi connectivity index (χ0) is 11.0. The highest BCUT2D eigenvalue weighted by molar-refractivity contribution is 7.20. The first-order valence-electron chi connectivity index (χ1n) is 4.23. The van der Waals surface area contributed by atoms with Crippen LogP contribution in [0.5, 0.6) is 5.06 Å². The van der Waals surface area contributed by atoms with Crippen LogP contribution in [0.25, 0.3) is 15.1 Å². The Morgan fingerprint density at radius 1 is 1.47 bits per heavy atom. The van der Waals surface area contributed by atoms with Crippen LogP contribution in [-0.2, 0) is 0 Å². The predicted octanol–water partition coefficient (Wildman–Crippen LogP) is 2.13. The number of diazo groups is 1. The summed E-state index contributed by atoms with van der Waals surface area (Å²) in [5, 5.41) is 19.8. The average Bonchev–Trinajstić information content (AvgIpc) is 2.20. The van der Waals surface area contributed by atoms with E-state index in [0.717, 1.165) is 16.9 Å². The largest absolute Gasteiger partial charge is 0.859 e. The third kappa shape index (κ3) is 1.45. The van der Waals surface area contributed by atoms with E-state index < -0.39 is 16.2 Å². The van der Waals surface area contributed by atoms with Crippen LogP contribution in [0.3, 0.4) is 0 Å². The highest BCUT2D eigenvalue weighted by Crippen LogP contribution is 2.30. The molecule has 74 valence electrons. The van der Waals surface area contributed by atoms with Crippen molar-refractivity contribution in [3.8, 4) is 5.06 Å². The monoisotopic (exact) mass is 218 g/mol. The van der Waals surface area contributed by atoms with Crippen LogP contribution in [-0.4, -0.2) is 0 Å². The molecule has 0 spiro atoms. The second kappa shape index (κ2) is 3.33. The van der Waals surface area contributed by atoms with Crippen LogP contribution in [0, 0.1) is 12.3 Å². The van der Waals surface area contributed by atoms with Crippen molar-refractivity contribution in [2.24, 2.45) is 0 Å². The summed E-state index contributed by atoms with van der Waals surface area (Å²) in [6.45, 7) is 1.85. The predicted molar refractivity (Wildman–Crippen MR) is 57.0 cm³/mol. The first kappa shape index (κ1) is 9.62. The molecule has 1 heterocycles. The standard InChI is InChI=1S/C10H6N2O2S/c1-5-2-3-7-6(4-5)9(13)8(12-11)10(14)15-7/h2-4H,1H3. The van der Waals surface area contributed by atoms with Gasteiger partial charge in [-0.3, -0.25) is 4.79 Å². The Hall–Kier alpha value is -1.93. The average molecular weight is 218 g/mol. The number of fused-ring (bicyclic) bond motifs is 1. The first-order valence-corrected chi connectivity index (χ1v) is 5.04. The Morgan fingerprint density at radius 3 is 2.87 bits per heavy atom. The summed E-state index contributed by atoms with van der Waals surface area (Å²) < 4.78 is 0.614. The van der Waals surface area contributed by atoms with Crippen molar-refractivity contribution in [3.63, 3.8) is 0 Å². The van der Waals surface area contributed by atoms with E-state index in [4.69, 9.17) is 5.39 Å². The lowest BCUT2D eigenvalue weighted by Crippen LogP contribution is -2.03. The van der Waals surface area contributed by atoms with E-state index in [-0.39, 0.29) is 0 Å². The quantitative estimate of drug-likeness (QED) is 0.636. The minimum Gasteiger partial charge on any atom is -0.859 e. The van der Waals surface area contributed by atoms with Crippen molar-refractivity contribution in [3.05, 3.63) is 39.0 Å². The van der Waals surface area contributed by atoms with Crippen molar-refractivity contribution in [1.82, 2.24) is 0 Å². The molecule has 0 N–H and O–H groups in total. The Morgan fingerprint density at radius 2 is 2.20 bits per heavy atom. The zero-order valence-electron chi connectivity index (χ0n) is 7.85. The molecule has 2 rings (SSSR count). The SMILES string of the molecule is Cc1ccc2sc([O-])c([N+]#N)c(=O)c2c1. The van der Waals surface area contributed by atoms with Gasteiger partial charge in [0.2, 0.25) is 5.39 Å². The normalized spacial score (nSPS) is 10.1. The molecule has 0 atom stereocenters. The summed E-state index contributed by atoms with van der Waals surface area (Å²) in [5.41, 5.74) is 0.00684. The second-order valence-corrected chi connectivity index (χ2v) is 4.18. The summed E-state index contributed by atoms with van der Waals surface area (Å²) >= 11 is 0.906. The second-order valence-electron chi connectivity index (χ2n) is 3.17. The Labute approximate surface area is 89.0 Å². The highest BCUT2D eigenvalue weighted by atomic mass is 32.1. The molecule has 0 radical (unpaired) electrons. The van der Waals surface area contributed by atoms with Gasteiger partial charge in [-0.2, -0.15) is 0 Å². The molecule has 0 aliphatic heterocycles. The molecule has 15 heavy (non-hydrogen) atoms. The first-order chi connectivity index (χ1) is 7.13. The molecule has 0 amide bonds. The number of benzene rings is 1. The van der Waals surface area contributed by atoms with Crippen LogP contribution in [0.1, 0.15) is 5.56 Å². The molecule has 1 aromatic carbocycles. The van der Waals surface area contributed by atoms with E-state index >= 15 is 0 Å². The van der Waals surface area contributed by atoms with Gasteiger partial charge in [0.05, 0.1) is 5.06 Å². The van der Waals surface area contributed by atoms with E-state index in [0.29, 0.717) is 10.1 Å². The molecule has 5 heteroatoms. The van der Waals surface area contributed by atoms with Gasteiger partial charge in [0.15, 0.2) is 4.98 Å². The summed E-state index contributed by atoms with van der Waals surface area (Å²) in [4.78, 5) is 14.4. The lowest BCUT2D eigenvalue weighted by atomic mass is 10.2. The number of rotatable bonds is 0. The van der Waals surface area contributed by atoms with Gasteiger partial charge in [-0.05, 0) is 19.1 Å². The Balaban J connectivity index is 3.01. The minimum atomic E-state index is -0.515. The van der Waals surface area contributed by atoms with Crippen LogP contribution in [0.2, 0.25) is 0 Å². The molecule has 0 fully saturated rings. The van der Waals surface area contributed by atoms with Gasteiger partial charge in [0.1, 0.15) is 0 Å². The van der Waals surface area contributed by atoms with E-state index in [1.165, 1.54) is 0 Å². The van der Waals surface area contributed by atoms with Crippen LogP contribution < -0.4 is 10.5 Å². The number of hydrogen-bond donors (Lipinski definition) is 0. The molecular weight excluding hydrogens is 212 g/mol. The third-order valence-corrected chi connectivity index (χ3v) is 3.05. The fourth-order valence-corrected chi connectivity index (χ4v) is 2.19. The van der Waals surface area contributed by atoms with Crippen LogP contribution in [0.4, 0.5) is 5.69 Å². The van der Waals surface area contributed by atoms with E-state index in [2.05, 4.69) is 4.98 Å². The molecular formula is C10H6N2O2S. The molecule has 2 aromatic rings. The number of aryl methyl sites for hydroxylation is 1. The van der Waals surface area contributed by atoms with Gasteiger partial charge in [0, 0.05) is 10.1 Å². The molecule has 0 saturated carbocycles. The third-order valence-electron chi connectivity index (χ3n) is 2.09. The lowest BCUT2D eigenvalue weighted by Gasteiger charge is -2.02. The van der Waals surface area contributed by atoms with Gasteiger partial charge in [-0.25, -0.2) is 0 Å². The smallest absolute Gasteiger partial charge is 0.434 e. The summed E-state index contributed by atoms with van der Waals surface area (Å²) in [7, 11) is 0. The molecule has 4 nitrogen and oxygen atoms in total. The Bertz CT molecular complexity index is 640. The van der Waals surface area contributed by atoms with Crippen molar-refractivity contribution >= 4 is 27.1 Å². The van der Waals surface area contributed by atoms with Gasteiger partial charge < -0.3 is 5.11 Å². The van der Waals surface area contributed by atoms with Gasteiger partial charge >= 0.3 is 5.69 Å². The maximum absolute atomic E-state index is 11.7. The molecule has 0 aliphatic carbocycles. The lowest BCUT2D eigenvalue weighted by molar-refractivity contribution is -0.260. The van der Waals surface area contributed by atoms with Crippen LogP contribution >= 0.6 is 11.3 Å². The minimum absolute atomic E-state index is 0.405. The summed E-state index contributed by atoms with van der Waals surface area (Å²) in [6.07, 6.45) is 0. The summed E-state index contributed by atoms with van der Waals surface area (Å²) in [6, 6.07) is 5.23. The molecule has 0 saturated heterocycles. The topological polar surface area (TPSA) is 68.3 Å². The fourth-order valence-electron chi connectivity index (χ4n) is 1.36. The van der Waals surface area contributed by atoms with Crippen molar-refractivity contribution in [2.45, 2.75) is 6.92 Å². The maximum Gasteiger partial charge on any atom is 0.434 e. The van der Waals surface area contributed by atoms with Gasteiger partial charge in [0.25, 0.3) is 5.43 Å². The molecule has 0 bridgehead atoms. The van der Waals surface area contributed by atoms with Crippen LogP contribution in [0.15, 0.2) is 23.0 Å². The maximum atomic E-state index is 11.7. The Kier molecular flexibility index (Phi) is 2.14. The van der Waals surface area contributed by atoms with E-state index in [9.17, 15) is 9.90 Å².